The van der Waals surface area contributed by atoms with E-state index in [0.29, 0.717) is 25.6 Å². The van der Waals surface area contributed by atoms with Crippen LogP contribution in [-0.2, 0) is 19.1 Å². The lowest BCUT2D eigenvalue weighted by atomic mass is 10.1. The molecule has 176 valence electrons. The highest BCUT2D eigenvalue weighted by molar-refractivity contribution is 5.77. The highest BCUT2D eigenvalue weighted by Gasteiger charge is 2.48. The van der Waals surface area contributed by atoms with E-state index in [1.54, 1.807) is 6.20 Å². The number of nitrogens with zero attached hydrogens (tertiary/aromatic N) is 3. The van der Waals surface area contributed by atoms with Gasteiger partial charge in [-0.05, 0) is 24.6 Å². The average Bonchev–Trinajstić information content (AvgIpc) is 3.37. The van der Waals surface area contributed by atoms with Crippen molar-refractivity contribution in [1.82, 2.24) is 15.3 Å². The zero-order valence-corrected chi connectivity index (χ0v) is 18.7. The minimum Gasteiger partial charge on any atom is -0.481 e. The van der Waals surface area contributed by atoms with E-state index in [2.05, 4.69) is 20.6 Å². The molecule has 10 nitrogen and oxygen atoms in total. The molecule has 4 atom stereocenters. The van der Waals surface area contributed by atoms with Gasteiger partial charge in [-0.2, -0.15) is 0 Å². The second-order valence-corrected chi connectivity index (χ2v) is 8.47. The van der Waals surface area contributed by atoms with Crippen LogP contribution < -0.4 is 15.5 Å². The SMILES string of the molecule is CN(C)c1ccc(-c2ccnc(N[C@@H]3CO[C@@H]4[C@@H]3OC[C@@H]4NC(=O)CCCC(=O)O)n2)cc1. The average molecular weight is 456 g/mol. The van der Waals surface area contributed by atoms with Gasteiger partial charge in [0.05, 0.1) is 31.0 Å². The van der Waals surface area contributed by atoms with Gasteiger partial charge in [0.25, 0.3) is 0 Å². The van der Waals surface area contributed by atoms with E-state index < -0.39 is 5.97 Å². The molecule has 33 heavy (non-hydrogen) atoms. The van der Waals surface area contributed by atoms with Crippen molar-refractivity contribution >= 4 is 23.5 Å². The first-order valence-electron chi connectivity index (χ1n) is 11.0. The fraction of sp³-hybridized carbons (Fsp3) is 0.478. The number of fused-ring (bicyclic) bond motifs is 1. The maximum Gasteiger partial charge on any atom is 0.303 e. The number of aromatic nitrogens is 2. The molecule has 1 aromatic heterocycles. The van der Waals surface area contributed by atoms with Crippen LogP contribution in [0.25, 0.3) is 11.3 Å². The van der Waals surface area contributed by atoms with Gasteiger partial charge in [-0.25, -0.2) is 9.97 Å². The Hall–Kier alpha value is -3.24. The number of nitrogens with one attached hydrogen (secondary N) is 2. The Morgan fingerprint density at radius 2 is 1.76 bits per heavy atom. The van der Waals surface area contributed by atoms with Gasteiger partial charge in [0.1, 0.15) is 12.2 Å². The summed E-state index contributed by atoms with van der Waals surface area (Å²) in [5.41, 5.74) is 2.92. The molecule has 0 radical (unpaired) electrons. The molecule has 1 aromatic carbocycles. The number of carboxylic acids is 1. The third-order valence-electron chi connectivity index (χ3n) is 5.84. The molecule has 0 saturated carbocycles. The van der Waals surface area contributed by atoms with E-state index in [0.717, 1.165) is 16.9 Å². The first-order valence-corrected chi connectivity index (χ1v) is 11.0. The summed E-state index contributed by atoms with van der Waals surface area (Å²) in [7, 11) is 4.00. The van der Waals surface area contributed by atoms with Crippen LogP contribution in [0.4, 0.5) is 11.6 Å². The van der Waals surface area contributed by atoms with Crippen LogP contribution in [0.2, 0.25) is 0 Å². The lowest BCUT2D eigenvalue weighted by Gasteiger charge is -2.18. The molecule has 2 aliphatic rings. The van der Waals surface area contributed by atoms with Crippen molar-refractivity contribution in [2.75, 3.05) is 37.5 Å². The molecular weight excluding hydrogens is 426 g/mol. The summed E-state index contributed by atoms with van der Waals surface area (Å²) in [6, 6.07) is 9.60. The zero-order chi connectivity index (χ0) is 23.4. The predicted octanol–water partition coefficient (Wildman–Crippen LogP) is 1.53. The number of rotatable bonds is 9. The van der Waals surface area contributed by atoms with Crippen molar-refractivity contribution in [3.63, 3.8) is 0 Å². The second-order valence-electron chi connectivity index (χ2n) is 8.47. The van der Waals surface area contributed by atoms with Gasteiger partial charge in [0.2, 0.25) is 11.9 Å². The topological polar surface area (TPSA) is 126 Å². The van der Waals surface area contributed by atoms with E-state index in [1.165, 1.54) is 0 Å². The number of hydrogen-bond donors (Lipinski definition) is 3. The van der Waals surface area contributed by atoms with Crippen molar-refractivity contribution in [3.8, 4) is 11.3 Å². The molecule has 0 bridgehead atoms. The first-order chi connectivity index (χ1) is 15.9. The normalized spacial score (nSPS) is 23.7. The predicted molar refractivity (Wildman–Crippen MR) is 122 cm³/mol. The molecule has 3 heterocycles. The summed E-state index contributed by atoms with van der Waals surface area (Å²) in [6.45, 7) is 0.753. The van der Waals surface area contributed by atoms with Gasteiger partial charge >= 0.3 is 5.97 Å². The number of anilines is 2. The fourth-order valence-electron chi connectivity index (χ4n) is 4.11. The van der Waals surface area contributed by atoms with Gasteiger partial charge in [0.15, 0.2) is 0 Å². The summed E-state index contributed by atoms with van der Waals surface area (Å²) in [4.78, 5) is 33.8. The Morgan fingerprint density at radius 3 is 2.45 bits per heavy atom. The van der Waals surface area contributed by atoms with Crippen LogP contribution in [-0.4, -0.2) is 78.6 Å². The summed E-state index contributed by atoms with van der Waals surface area (Å²) >= 11 is 0. The Morgan fingerprint density at radius 1 is 1.06 bits per heavy atom. The third kappa shape index (κ3) is 5.58. The minimum absolute atomic E-state index is 0.0258. The largest absolute Gasteiger partial charge is 0.481 e. The van der Waals surface area contributed by atoms with Crippen molar-refractivity contribution in [2.45, 2.75) is 43.6 Å². The van der Waals surface area contributed by atoms with Crippen molar-refractivity contribution in [2.24, 2.45) is 0 Å². The van der Waals surface area contributed by atoms with Gasteiger partial charge in [-0.15, -0.1) is 0 Å². The monoisotopic (exact) mass is 455 g/mol. The standard InChI is InChI=1S/C23H29N5O5/c1-28(2)15-8-6-14(7-9-15)16-10-11-24-23(26-16)27-18-13-33-21-17(12-32-22(18)21)25-19(29)4-3-5-20(30)31/h6-11,17-18,21-22H,3-5,12-13H2,1-2H3,(H,25,29)(H,30,31)(H,24,26,27)/t17-,18+,21-,22+/m0/s1. The van der Waals surface area contributed by atoms with E-state index in [1.807, 2.05) is 49.3 Å². The quantitative estimate of drug-likeness (QED) is 0.516. The Bertz CT molecular complexity index is 983. The summed E-state index contributed by atoms with van der Waals surface area (Å²) in [6.07, 6.45) is 1.65. The Kier molecular flexibility index (Phi) is 7.05. The van der Waals surface area contributed by atoms with Crippen molar-refractivity contribution < 1.29 is 24.2 Å². The van der Waals surface area contributed by atoms with Crippen LogP contribution >= 0.6 is 0 Å². The van der Waals surface area contributed by atoms with E-state index >= 15 is 0 Å². The van der Waals surface area contributed by atoms with Crippen molar-refractivity contribution in [1.29, 1.82) is 0 Å². The number of benzene rings is 1. The summed E-state index contributed by atoms with van der Waals surface area (Å²) in [5, 5.41) is 14.9. The van der Waals surface area contributed by atoms with E-state index in [4.69, 9.17) is 14.6 Å². The molecular formula is C23H29N5O5. The van der Waals surface area contributed by atoms with Gasteiger partial charge in [-0.3, -0.25) is 9.59 Å². The van der Waals surface area contributed by atoms with E-state index in [-0.39, 0.29) is 43.0 Å². The number of carbonyl (C=O) groups excluding carboxylic acids is 1. The number of ether oxygens (including phenoxy) is 2. The minimum atomic E-state index is -0.906. The highest BCUT2D eigenvalue weighted by Crippen LogP contribution is 2.29. The number of hydrogen-bond acceptors (Lipinski definition) is 8. The maximum absolute atomic E-state index is 12.1. The molecule has 0 spiro atoms. The second kappa shape index (κ2) is 10.1. The summed E-state index contributed by atoms with van der Waals surface area (Å²) < 4.78 is 11.8. The van der Waals surface area contributed by atoms with E-state index in [9.17, 15) is 9.59 Å². The van der Waals surface area contributed by atoms with Gasteiger partial charge in [0, 0.05) is 44.4 Å². The van der Waals surface area contributed by atoms with Crippen molar-refractivity contribution in [3.05, 3.63) is 36.5 Å². The molecule has 0 unspecified atom stereocenters. The Balaban J connectivity index is 1.34. The smallest absolute Gasteiger partial charge is 0.303 e. The molecule has 2 aliphatic heterocycles. The molecule has 0 aliphatic carbocycles. The first kappa shape index (κ1) is 22.9. The molecule has 4 rings (SSSR count). The van der Waals surface area contributed by atoms with Gasteiger partial charge in [-0.1, -0.05) is 12.1 Å². The van der Waals surface area contributed by atoms with Crippen LogP contribution in [0, 0.1) is 0 Å². The van der Waals surface area contributed by atoms with Crippen LogP contribution in [0.3, 0.4) is 0 Å². The number of aliphatic carboxylic acids is 1. The highest BCUT2D eigenvalue weighted by atomic mass is 16.6. The number of carbonyl (C=O) groups is 2. The van der Waals surface area contributed by atoms with Crippen LogP contribution in [0.15, 0.2) is 36.5 Å². The molecule has 2 saturated heterocycles. The molecule has 2 aromatic rings. The zero-order valence-electron chi connectivity index (χ0n) is 18.7. The maximum atomic E-state index is 12.1. The fourth-order valence-corrected chi connectivity index (χ4v) is 4.11. The molecule has 3 N–H and O–H groups in total. The van der Waals surface area contributed by atoms with Crippen LogP contribution in [0.1, 0.15) is 19.3 Å². The molecule has 2 fully saturated rings. The third-order valence-corrected chi connectivity index (χ3v) is 5.84. The van der Waals surface area contributed by atoms with Crippen LogP contribution in [0.5, 0.6) is 0 Å². The molecule has 10 heteroatoms. The lowest BCUT2D eigenvalue weighted by Crippen LogP contribution is -2.44. The summed E-state index contributed by atoms with van der Waals surface area (Å²) in [5.74, 6) is -0.609. The number of carboxylic acid groups (broad SMARTS) is 1. The lowest BCUT2D eigenvalue weighted by molar-refractivity contribution is -0.137. The molecule has 1 amide bonds. The number of amides is 1. The Labute approximate surface area is 192 Å². The van der Waals surface area contributed by atoms with Gasteiger partial charge < -0.3 is 30.1 Å².